The Kier molecular flexibility index (Phi) is 4.66. The molecule has 21 heavy (non-hydrogen) atoms. The molecule has 0 spiro atoms. The van der Waals surface area contributed by atoms with E-state index in [4.69, 9.17) is 4.74 Å². The Morgan fingerprint density at radius 2 is 1.90 bits per heavy atom. The van der Waals surface area contributed by atoms with Crippen molar-refractivity contribution in [1.29, 1.82) is 0 Å². The fourth-order valence-electron chi connectivity index (χ4n) is 2.04. The Labute approximate surface area is 118 Å². The number of hydrogen-bond acceptors (Lipinski definition) is 3. The van der Waals surface area contributed by atoms with Gasteiger partial charge in [-0.1, -0.05) is 6.07 Å². The highest BCUT2D eigenvalue weighted by Gasteiger charge is 2.35. The Morgan fingerprint density at radius 3 is 2.48 bits per heavy atom. The third-order valence-corrected chi connectivity index (χ3v) is 3.00. The van der Waals surface area contributed by atoms with Gasteiger partial charge in [0.1, 0.15) is 11.6 Å². The Morgan fingerprint density at radius 1 is 1.24 bits per heavy atom. The Balaban J connectivity index is 1.83. The van der Waals surface area contributed by atoms with Crippen LogP contribution < -0.4 is 4.74 Å². The molecular formula is C13H13F4NO3. The second-order valence-electron chi connectivity index (χ2n) is 4.58. The van der Waals surface area contributed by atoms with Gasteiger partial charge in [0.2, 0.25) is 0 Å². The highest BCUT2D eigenvalue weighted by Crippen LogP contribution is 2.24. The number of halogens is 4. The molecule has 116 valence electrons. The average Bonchev–Trinajstić information content (AvgIpc) is 2.37. The van der Waals surface area contributed by atoms with E-state index in [1.807, 2.05) is 0 Å². The molecule has 1 heterocycles. The quantitative estimate of drug-likeness (QED) is 0.787. The summed E-state index contributed by atoms with van der Waals surface area (Å²) in [6, 6.07) is 5.07. The molecule has 8 heteroatoms. The zero-order valence-electron chi connectivity index (χ0n) is 10.9. The molecule has 2 rings (SSSR count). The van der Waals surface area contributed by atoms with Crippen molar-refractivity contribution in [3.8, 4) is 5.75 Å². The van der Waals surface area contributed by atoms with Gasteiger partial charge in [-0.2, -0.15) is 0 Å². The minimum atomic E-state index is -4.67. The maximum Gasteiger partial charge on any atom is 0.522 e. The Bertz CT molecular complexity index is 498. The molecule has 0 atom stereocenters. The van der Waals surface area contributed by atoms with Crippen LogP contribution in [0, 0.1) is 5.82 Å². The number of nitrogens with zero attached hydrogens (tertiary/aromatic N) is 1. The van der Waals surface area contributed by atoms with E-state index in [1.165, 1.54) is 23.1 Å². The minimum absolute atomic E-state index is 0.0497. The van der Waals surface area contributed by atoms with Gasteiger partial charge in [0.05, 0.1) is 6.10 Å². The first kappa shape index (κ1) is 15.6. The molecule has 0 radical (unpaired) electrons. The molecule has 0 N–H and O–H groups in total. The van der Waals surface area contributed by atoms with Crippen LogP contribution in [0.15, 0.2) is 24.3 Å². The van der Waals surface area contributed by atoms with Crippen LogP contribution in [-0.2, 0) is 4.74 Å². The van der Waals surface area contributed by atoms with E-state index in [9.17, 15) is 22.4 Å². The molecule has 0 saturated carbocycles. The van der Waals surface area contributed by atoms with Gasteiger partial charge in [-0.05, 0) is 25.0 Å². The van der Waals surface area contributed by atoms with Crippen molar-refractivity contribution in [3.63, 3.8) is 0 Å². The van der Waals surface area contributed by atoms with Crippen LogP contribution in [-0.4, -0.2) is 36.5 Å². The van der Waals surface area contributed by atoms with E-state index in [2.05, 4.69) is 4.74 Å². The number of carbonyl (C=O) groups excluding carboxylic acids is 1. The summed E-state index contributed by atoms with van der Waals surface area (Å²) in [6.45, 7) is 0.184. The molecule has 1 saturated heterocycles. The summed E-state index contributed by atoms with van der Waals surface area (Å²) in [5.74, 6) is -0.494. The van der Waals surface area contributed by atoms with Crippen molar-refractivity contribution < 1.29 is 31.8 Å². The second kappa shape index (κ2) is 6.30. The molecule has 1 aliphatic rings. The molecular weight excluding hydrogens is 294 g/mol. The van der Waals surface area contributed by atoms with Crippen molar-refractivity contribution in [2.75, 3.05) is 13.1 Å². The van der Waals surface area contributed by atoms with Crippen LogP contribution in [0.5, 0.6) is 5.75 Å². The van der Waals surface area contributed by atoms with Gasteiger partial charge >= 0.3 is 12.5 Å². The Hall–Kier alpha value is -1.83. The van der Waals surface area contributed by atoms with Crippen LogP contribution >= 0.6 is 0 Å². The lowest BCUT2D eigenvalue weighted by Gasteiger charge is -2.31. The largest absolute Gasteiger partial charge is 0.522 e. The third-order valence-electron chi connectivity index (χ3n) is 3.00. The highest BCUT2D eigenvalue weighted by molar-refractivity contribution is 5.70. The van der Waals surface area contributed by atoms with Crippen molar-refractivity contribution in [2.45, 2.75) is 25.3 Å². The van der Waals surface area contributed by atoms with Gasteiger partial charge in [-0.25, -0.2) is 9.18 Å². The summed E-state index contributed by atoms with van der Waals surface area (Å²) in [6.07, 6.45) is -6.21. The zero-order chi connectivity index (χ0) is 15.5. The van der Waals surface area contributed by atoms with E-state index in [1.54, 1.807) is 0 Å². The van der Waals surface area contributed by atoms with Gasteiger partial charge < -0.3 is 9.64 Å². The highest BCUT2D eigenvalue weighted by atomic mass is 19.4. The topological polar surface area (TPSA) is 38.8 Å². The van der Waals surface area contributed by atoms with Crippen molar-refractivity contribution in [3.05, 3.63) is 30.1 Å². The molecule has 1 aromatic rings. The molecule has 1 aromatic carbocycles. The molecule has 1 amide bonds. The maximum atomic E-state index is 12.9. The molecule has 0 unspecified atom stereocenters. The summed E-state index contributed by atoms with van der Waals surface area (Å²) in [5, 5.41) is 0. The van der Waals surface area contributed by atoms with Crippen LogP contribution in [0.2, 0.25) is 0 Å². The van der Waals surface area contributed by atoms with E-state index in [0.717, 1.165) is 6.07 Å². The predicted molar refractivity (Wildman–Crippen MR) is 64.2 cm³/mol. The van der Waals surface area contributed by atoms with Gasteiger partial charge in [-0.15, -0.1) is 13.2 Å². The fourth-order valence-corrected chi connectivity index (χ4v) is 2.04. The van der Waals surface area contributed by atoms with Crippen molar-refractivity contribution in [1.82, 2.24) is 4.90 Å². The molecule has 4 nitrogen and oxygen atoms in total. The number of rotatable bonds is 2. The zero-order valence-corrected chi connectivity index (χ0v) is 10.9. The number of piperidine rings is 1. The SMILES string of the molecule is O=C(Oc1cccc(F)c1)N1CCC(OC(F)(F)F)CC1. The van der Waals surface area contributed by atoms with Gasteiger partial charge in [-0.3, -0.25) is 4.74 Å². The lowest BCUT2D eigenvalue weighted by atomic mass is 10.1. The first-order valence-electron chi connectivity index (χ1n) is 6.30. The number of likely N-dealkylation sites (tertiary alicyclic amines) is 1. The molecule has 1 aliphatic heterocycles. The summed E-state index contributed by atoms with van der Waals surface area (Å²) < 4.78 is 58.0. The number of carbonyl (C=O) groups is 1. The normalized spacial score (nSPS) is 16.9. The minimum Gasteiger partial charge on any atom is -0.410 e. The van der Waals surface area contributed by atoms with Crippen LogP contribution in [0.4, 0.5) is 22.4 Å². The predicted octanol–water partition coefficient (Wildman–Crippen LogP) is 3.33. The van der Waals surface area contributed by atoms with E-state index in [0.29, 0.717) is 0 Å². The maximum absolute atomic E-state index is 12.9. The van der Waals surface area contributed by atoms with E-state index in [-0.39, 0.29) is 31.7 Å². The van der Waals surface area contributed by atoms with Crippen molar-refractivity contribution in [2.24, 2.45) is 0 Å². The van der Waals surface area contributed by atoms with Gasteiger partial charge in [0, 0.05) is 19.2 Å². The number of hydrogen-bond donors (Lipinski definition) is 0. The van der Waals surface area contributed by atoms with E-state index >= 15 is 0 Å². The van der Waals surface area contributed by atoms with E-state index < -0.39 is 24.4 Å². The monoisotopic (exact) mass is 307 g/mol. The standard InChI is InChI=1S/C13H13F4NO3/c14-9-2-1-3-11(8-9)20-12(19)18-6-4-10(5-7-18)21-13(15,16)17/h1-3,8,10H,4-7H2. The first-order valence-corrected chi connectivity index (χ1v) is 6.30. The van der Waals surface area contributed by atoms with Gasteiger partial charge in [0.15, 0.2) is 0 Å². The van der Waals surface area contributed by atoms with Crippen LogP contribution in [0.1, 0.15) is 12.8 Å². The first-order chi connectivity index (χ1) is 9.83. The second-order valence-corrected chi connectivity index (χ2v) is 4.58. The lowest BCUT2D eigenvalue weighted by Crippen LogP contribution is -2.43. The number of benzene rings is 1. The molecule has 0 bridgehead atoms. The van der Waals surface area contributed by atoms with Crippen molar-refractivity contribution >= 4 is 6.09 Å². The molecule has 0 aromatic heterocycles. The van der Waals surface area contributed by atoms with Crippen LogP contribution in [0.3, 0.4) is 0 Å². The molecule has 1 fully saturated rings. The summed E-state index contributed by atoms with van der Waals surface area (Å²) >= 11 is 0. The summed E-state index contributed by atoms with van der Waals surface area (Å²) in [4.78, 5) is 13.1. The average molecular weight is 307 g/mol. The summed E-state index contributed by atoms with van der Waals surface area (Å²) in [5.41, 5.74) is 0. The van der Waals surface area contributed by atoms with Crippen LogP contribution in [0.25, 0.3) is 0 Å². The molecule has 0 aliphatic carbocycles. The number of alkyl halides is 3. The fraction of sp³-hybridized carbons (Fsp3) is 0.462. The number of amides is 1. The lowest BCUT2D eigenvalue weighted by molar-refractivity contribution is -0.345. The summed E-state index contributed by atoms with van der Waals surface area (Å²) in [7, 11) is 0. The smallest absolute Gasteiger partial charge is 0.410 e. The third kappa shape index (κ3) is 4.89. The number of ether oxygens (including phenoxy) is 2. The van der Waals surface area contributed by atoms with Gasteiger partial charge in [0.25, 0.3) is 0 Å².